The summed E-state index contributed by atoms with van der Waals surface area (Å²) < 4.78 is 5.22. The van der Waals surface area contributed by atoms with Crippen LogP contribution in [-0.4, -0.2) is 30.5 Å². The molecular formula is C26H24N4O3S. The van der Waals surface area contributed by atoms with E-state index < -0.39 is 0 Å². The lowest BCUT2D eigenvalue weighted by Crippen LogP contribution is -2.38. The van der Waals surface area contributed by atoms with Crippen LogP contribution in [0, 0.1) is 6.92 Å². The van der Waals surface area contributed by atoms with Gasteiger partial charge in [-0.15, -0.1) is 11.3 Å². The maximum atomic E-state index is 13.3. The van der Waals surface area contributed by atoms with E-state index in [1.807, 2.05) is 36.6 Å². The van der Waals surface area contributed by atoms with E-state index in [0.29, 0.717) is 27.8 Å². The second-order valence-corrected chi connectivity index (χ2v) is 8.54. The number of nitrogens with zero attached hydrogens (tertiary/aromatic N) is 2. The predicted molar refractivity (Wildman–Crippen MR) is 136 cm³/mol. The minimum atomic E-state index is -0.318. The molecule has 2 amide bonds. The van der Waals surface area contributed by atoms with Gasteiger partial charge in [-0.3, -0.25) is 14.5 Å². The highest BCUT2D eigenvalue weighted by molar-refractivity contribution is 7.13. The van der Waals surface area contributed by atoms with Crippen molar-refractivity contribution in [2.45, 2.75) is 6.92 Å². The van der Waals surface area contributed by atoms with Crippen LogP contribution >= 0.6 is 11.3 Å². The number of ether oxygens (including phenoxy) is 1. The van der Waals surface area contributed by atoms with Crippen molar-refractivity contribution in [3.8, 4) is 17.0 Å². The lowest BCUT2D eigenvalue weighted by Gasteiger charge is -2.23. The Kier molecular flexibility index (Phi) is 6.89. The van der Waals surface area contributed by atoms with Crippen molar-refractivity contribution in [2.24, 2.45) is 0 Å². The molecule has 0 saturated carbocycles. The van der Waals surface area contributed by atoms with E-state index in [9.17, 15) is 9.59 Å². The lowest BCUT2D eigenvalue weighted by atomic mass is 10.1. The highest BCUT2D eigenvalue weighted by Gasteiger charge is 2.21. The SMILES string of the molecule is COc1ccc(N(CC(=O)Nc2ccc(-c3csc(N)n3)cc2)C(=O)c2ccc(C)cc2)cc1. The van der Waals surface area contributed by atoms with Gasteiger partial charge < -0.3 is 15.8 Å². The quantitative estimate of drug-likeness (QED) is 0.395. The summed E-state index contributed by atoms with van der Waals surface area (Å²) in [6.07, 6.45) is 0. The van der Waals surface area contributed by atoms with Crippen LogP contribution in [0.5, 0.6) is 5.75 Å². The first-order valence-electron chi connectivity index (χ1n) is 10.6. The molecule has 1 heterocycles. The molecule has 8 heteroatoms. The number of aryl methyl sites for hydroxylation is 1. The number of thiazole rings is 1. The minimum Gasteiger partial charge on any atom is -0.497 e. The van der Waals surface area contributed by atoms with Crippen molar-refractivity contribution in [1.82, 2.24) is 4.98 Å². The molecule has 0 saturated heterocycles. The lowest BCUT2D eigenvalue weighted by molar-refractivity contribution is -0.114. The van der Waals surface area contributed by atoms with Crippen LogP contribution in [0.15, 0.2) is 78.2 Å². The molecular weight excluding hydrogens is 448 g/mol. The van der Waals surface area contributed by atoms with Crippen LogP contribution < -0.4 is 20.7 Å². The summed E-state index contributed by atoms with van der Waals surface area (Å²) in [7, 11) is 1.58. The number of nitrogens with one attached hydrogen (secondary N) is 1. The summed E-state index contributed by atoms with van der Waals surface area (Å²) in [4.78, 5) is 31.9. The highest BCUT2D eigenvalue weighted by Crippen LogP contribution is 2.25. The number of methoxy groups -OCH3 is 1. The van der Waals surface area contributed by atoms with Crippen LogP contribution in [0.2, 0.25) is 0 Å². The van der Waals surface area contributed by atoms with Crippen molar-refractivity contribution in [3.05, 3.63) is 89.3 Å². The number of carbonyl (C=O) groups excluding carboxylic acids is 2. The fourth-order valence-electron chi connectivity index (χ4n) is 3.38. The van der Waals surface area contributed by atoms with E-state index >= 15 is 0 Å². The maximum absolute atomic E-state index is 13.3. The Labute approximate surface area is 201 Å². The molecule has 0 aliphatic carbocycles. The third kappa shape index (κ3) is 5.41. The van der Waals surface area contributed by atoms with Gasteiger partial charge in [-0.2, -0.15) is 0 Å². The highest BCUT2D eigenvalue weighted by atomic mass is 32.1. The van der Waals surface area contributed by atoms with Gasteiger partial charge in [0.2, 0.25) is 5.91 Å². The first-order valence-corrected chi connectivity index (χ1v) is 11.4. The molecule has 0 bridgehead atoms. The van der Waals surface area contributed by atoms with Crippen molar-refractivity contribution in [1.29, 1.82) is 0 Å². The van der Waals surface area contributed by atoms with Gasteiger partial charge in [0.15, 0.2) is 5.13 Å². The van der Waals surface area contributed by atoms with Gasteiger partial charge in [-0.05, 0) is 55.5 Å². The van der Waals surface area contributed by atoms with Gasteiger partial charge in [-0.1, -0.05) is 29.8 Å². The van der Waals surface area contributed by atoms with E-state index in [1.165, 1.54) is 16.2 Å². The number of carbonyl (C=O) groups is 2. The molecule has 0 aliphatic rings. The fourth-order valence-corrected chi connectivity index (χ4v) is 3.96. The van der Waals surface area contributed by atoms with Gasteiger partial charge in [-0.25, -0.2) is 4.98 Å². The molecule has 0 fully saturated rings. The van der Waals surface area contributed by atoms with Gasteiger partial charge >= 0.3 is 0 Å². The predicted octanol–water partition coefficient (Wildman–Crippen LogP) is 4.99. The van der Waals surface area contributed by atoms with Crippen LogP contribution in [0.4, 0.5) is 16.5 Å². The molecule has 4 rings (SSSR count). The summed E-state index contributed by atoms with van der Waals surface area (Å²) in [6.45, 7) is 1.81. The van der Waals surface area contributed by atoms with Crippen LogP contribution in [-0.2, 0) is 4.79 Å². The first kappa shape index (κ1) is 23.0. The van der Waals surface area contributed by atoms with E-state index in [2.05, 4.69) is 10.3 Å². The molecule has 1 aromatic heterocycles. The van der Waals surface area contributed by atoms with Crippen LogP contribution in [0.1, 0.15) is 15.9 Å². The Bertz CT molecular complexity index is 1280. The molecule has 4 aromatic rings. The molecule has 0 radical (unpaired) electrons. The molecule has 0 unspecified atom stereocenters. The number of nitrogens with two attached hydrogens (primary N) is 1. The summed E-state index contributed by atoms with van der Waals surface area (Å²) >= 11 is 1.37. The summed E-state index contributed by atoms with van der Waals surface area (Å²) in [6, 6.07) is 21.6. The largest absolute Gasteiger partial charge is 0.497 e. The van der Waals surface area contributed by atoms with Gasteiger partial charge in [0, 0.05) is 27.9 Å². The molecule has 7 nitrogen and oxygen atoms in total. The van der Waals surface area contributed by atoms with Crippen molar-refractivity contribution >= 4 is 39.7 Å². The average Bonchev–Trinajstić information content (AvgIpc) is 3.29. The number of nitrogen functional groups attached to an aromatic ring is 1. The number of amides is 2. The number of aromatic nitrogens is 1. The Morgan fingerprint density at radius 2 is 1.68 bits per heavy atom. The Balaban J connectivity index is 1.52. The molecule has 34 heavy (non-hydrogen) atoms. The standard InChI is InChI=1S/C26H24N4O3S/c1-17-3-5-19(6-4-17)25(32)30(21-11-13-22(33-2)14-12-21)15-24(31)28-20-9-7-18(8-10-20)23-16-34-26(27)29-23/h3-14,16H,15H2,1-2H3,(H2,27,29)(H,28,31). The first-order chi connectivity index (χ1) is 16.4. The third-order valence-corrected chi connectivity index (χ3v) is 5.89. The Morgan fingerprint density at radius 3 is 2.26 bits per heavy atom. The van der Waals surface area contributed by atoms with Crippen molar-refractivity contribution < 1.29 is 14.3 Å². The Hall–Kier alpha value is -4.17. The summed E-state index contributed by atoms with van der Waals surface area (Å²) in [5.74, 6) is 0.0802. The Morgan fingerprint density at radius 1 is 1.00 bits per heavy atom. The van der Waals surface area contributed by atoms with Crippen molar-refractivity contribution in [3.63, 3.8) is 0 Å². The topological polar surface area (TPSA) is 97.6 Å². The second-order valence-electron chi connectivity index (χ2n) is 7.65. The second kappa shape index (κ2) is 10.2. The van der Waals surface area contributed by atoms with E-state index in [4.69, 9.17) is 10.5 Å². The molecule has 172 valence electrons. The van der Waals surface area contributed by atoms with Gasteiger partial charge in [0.05, 0.1) is 12.8 Å². The van der Waals surface area contributed by atoms with Gasteiger partial charge in [0.25, 0.3) is 5.91 Å². The molecule has 3 aromatic carbocycles. The van der Waals surface area contributed by atoms with Gasteiger partial charge in [0.1, 0.15) is 12.3 Å². The third-order valence-electron chi connectivity index (χ3n) is 5.22. The molecule has 0 spiro atoms. The molecule has 0 atom stereocenters. The van der Waals surface area contributed by atoms with E-state index in [0.717, 1.165) is 16.8 Å². The average molecular weight is 473 g/mol. The molecule has 0 aliphatic heterocycles. The zero-order valence-electron chi connectivity index (χ0n) is 18.8. The van der Waals surface area contributed by atoms with Crippen molar-refractivity contribution in [2.75, 3.05) is 29.6 Å². The van der Waals surface area contributed by atoms with Crippen LogP contribution in [0.3, 0.4) is 0 Å². The summed E-state index contributed by atoms with van der Waals surface area (Å²) in [5, 5.41) is 5.25. The monoisotopic (exact) mass is 472 g/mol. The number of hydrogen-bond acceptors (Lipinski definition) is 6. The summed E-state index contributed by atoms with van der Waals surface area (Å²) in [5.41, 5.74) is 10.2. The smallest absolute Gasteiger partial charge is 0.258 e. The fraction of sp³-hybridized carbons (Fsp3) is 0.115. The number of benzene rings is 3. The van der Waals surface area contributed by atoms with Crippen LogP contribution in [0.25, 0.3) is 11.3 Å². The van der Waals surface area contributed by atoms with E-state index in [-0.39, 0.29) is 18.4 Å². The molecule has 3 N–H and O–H groups in total. The number of hydrogen-bond donors (Lipinski definition) is 2. The minimum absolute atomic E-state index is 0.149. The zero-order chi connectivity index (χ0) is 24.1. The maximum Gasteiger partial charge on any atom is 0.258 e. The number of anilines is 3. The number of rotatable bonds is 7. The zero-order valence-corrected chi connectivity index (χ0v) is 19.6. The normalized spacial score (nSPS) is 10.5. The van der Waals surface area contributed by atoms with E-state index in [1.54, 1.807) is 55.6 Å².